The summed E-state index contributed by atoms with van der Waals surface area (Å²) in [5, 5.41) is 4.16. The fourth-order valence-electron chi connectivity index (χ4n) is 4.10. The van der Waals surface area contributed by atoms with Crippen molar-refractivity contribution in [2.24, 2.45) is 0 Å². The van der Waals surface area contributed by atoms with E-state index in [0.717, 1.165) is 17.7 Å². The van der Waals surface area contributed by atoms with Crippen molar-refractivity contribution in [3.63, 3.8) is 0 Å². The third-order valence-electron chi connectivity index (χ3n) is 5.54. The summed E-state index contributed by atoms with van der Waals surface area (Å²) in [5.74, 6) is 1.68. The molecule has 0 radical (unpaired) electrons. The van der Waals surface area contributed by atoms with Crippen LogP contribution >= 0.6 is 29.9 Å². The van der Waals surface area contributed by atoms with Gasteiger partial charge in [-0.15, -0.1) is 0 Å². The second-order valence-corrected chi connectivity index (χ2v) is 11.9. The first-order valence-electron chi connectivity index (χ1n) is 9.90. The number of hydrogen-bond donors (Lipinski definition) is 0. The minimum Gasteiger partial charge on any atom is -0.454 e. The summed E-state index contributed by atoms with van der Waals surface area (Å²) in [6, 6.07) is 37.2. The highest BCUT2D eigenvalue weighted by Crippen LogP contribution is 2.59. The van der Waals surface area contributed by atoms with Crippen LogP contribution in [0.1, 0.15) is 5.56 Å². The van der Waals surface area contributed by atoms with Crippen LogP contribution in [0.2, 0.25) is 0 Å². The van der Waals surface area contributed by atoms with Crippen LogP contribution < -0.4 is 25.4 Å². The summed E-state index contributed by atoms with van der Waals surface area (Å²) in [6.07, 6.45) is 0.931. The molecule has 0 saturated heterocycles. The van der Waals surface area contributed by atoms with Crippen molar-refractivity contribution in [3.05, 3.63) is 112 Å². The molecule has 0 saturated carbocycles. The lowest BCUT2D eigenvalue weighted by Crippen LogP contribution is -2.32. The largest absolute Gasteiger partial charge is 0.454 e. The van der Waals surface area contributed by atoms with E-state index >= 15 is 0 Å². The van der Waals surface area contributed by atoms with E-state index in [9.17, 15) is 0 Å². The van der Waals surface area contributed by atoms with E-state index in [1.165, 1.54) is 25.0 Å². The number of rotatable bonds is 5. The summed E-state index contributed by atoms with van der Waals surface area (Å²) < 4.78 is 12.5. The van der Waals surface area contributed by atoms with Gasteiger partial charge in [-0.1, -0.05) is 54.6 Å². The monoisotopic (exact) mass is 523 g/mol. The first kappa shape index (κ1) is 19.6. The fraction of sp³-hybridized carbons (Fsp3) is 0.0769. The molecule has 1 aliphatic rings. The molecule has 2 nitrogen and oxygen atoms in total. The molecule has 1 heterocycles. The van der Waals surface area contributed by atoms with E-state index < -0.39 is 7.26 Å². The molecule has 0 spiro atoms. The van der Waals surface area contributed by atoms with Gasteiger partial charge in [-0.3, -0.25) is 0 Å². The molecule has 4 heteroatoms. The third-order valence-corrected chi connectivity index (χ3v) is 10.9. The van der Waals surface area contributed by atoms with E-state index in [2.05, 4.69) is 126 Å². The second-order valence-electron chi connectivity index (χ2n) is 7.27. The molecule has 0 N–H and O–H groups in total. The van der Waals surface area contributed by atoms with Gasteiger partial charge in [-0.2, -0.15) is 0 Å². The van der Waals surface area contributed by atoms with E-state index in [0.29, 0.717) is 6.79 Å². The predicted octanol–water partition coefficient (Wildman–Crippen LogP) is 5.51. The first-order valence-corrected chi connectivity index (χ1v) is 13.0. The molecule has 30 heavy (non-hydrogen) atoms. The maximum absolute atomic E-state index is 5.71. The Morgan fingerprint density at radius 1 is 0.633 bits per heavy atom. The minimum absolute atomic E-state index is 0.297. The summed E-state index contributed by atoms with van der Waals surface area (Å²) in [7, 11) is -1.93. The van der Waals surface area contributed by atoms with Gasteiger partial charge >= 0.3 is 0 Å². The van der Waals surface area contributed by atoms with E-state index in [1.54, 1.807) is 0 Å². The van der Waals surface area contributed by atoms with Crippen molar-refractivity contribution in [1.82, 2.24) is 0 Å². The van der Waals surface area contributed by atoms with Crippen LogP contribution in [0.25, 0.3) is 0 Å². The molecule has 0 aliphatic carbocycles. The SMILES string of the molecule is Ic1cc2c(cc1C[P+](c1ccccc1)(c1ccccc1)c1ccccc1)OCO2. The van der Waals surface area contributed by atoms with Gasteiger partial charge in [0.1, 0.15) is 23.2 Å². The van der Waals surface area contributed by atoms with Gasteiger partial charge in [-0.05, 0) is 71.1 Å². The van der Waals surface area contributed by atoms with Crippen molar-refractivity contribution < 1.29 is 9.47 Å². The molecule has 4 aromatic rings. The number of hydrogen-bond acceptors (Lipinski definition) is 2. The van der Waals surface area contributed by atoms with Crippen LogP contribution in [0.3, 0.4) is 0 Å². The van der Waals surface area contributed by atoms with Gasteiger partial charge in [0.05, 0.1) is 6.16 Å². The van der Waals surface area contributed by atoms with Crippen LogP contribution in [-0.4, -0.2) is 6.79 Å². The smallest absolute Gasteiger partial charge is 0.231 e. The average Bonchev–Trinajstić information content (AvgIpc) is 3.26. The Kier molecular flexibility index (Phi) is 5.49. The second kappa shape index (κ2) is 8.41. The predicted molar refractivity (Wildman–Crippen MR) is 134 cm³/mol. The number of fused-ring (bicyclic) bond motifs is 1. The van der Waals surface area contributed by atoms with Crippen molar-refractivity contribution in [2.45, 2.75) is 6.16 Å². The highest BCUT2D eigenvalue weighted by atomic mass is 127. The molecule has 0 bridgehead atoms. The summed E-state index contributed by atoms with van der Waals surface area (Å²) in [4.78, 5) is 0. The number of benzene rings is 4. The minimum atomic E-state index is -1.93. The van der Waals surface area contributed by atoms with Gasteiger partial charge in [0.15, 0.2) is 11.5 Å². The van der Waals surface area contributed by atoms with Gasteiger partial charge in [0.25, 0.3) is 0 Å². The Morgan fingerprint density at radius 2 is 1.07 bits per heavy atom. The third kappa shape index (κ3) is 3.51. The molecule has 5 rings (SSSR count). The molecule has 0 fully saturated rings. The molecule has 0 amide bonds. The molecule has 0 atom stereocenters. The molecule has 1 aliphatic heterocycles. The van der Waals surface area contributed by atoms with Crippen LogP contribution in [0, 0.1) is 3.57 Å². The average molecular weight is 523 g/mol. The highest BCUT2D eigenvalue weighted by molar-refractivity contribution is 14.1. The zero-order valence-electron chi connectivity index (χ0n) is 16.4. The Labute approximate surface area is 191 Å². The summed E-state index contributed by atoms with van der Waals surface area (Å²) >= 11 is 2.43. The van der Waals surface area contributed by atoms with E-state index in [4.69, 9.17) is 9.47 Å². The Hall–Kier alpha value is -2.36. The highest BCUT2D eigenvalue weighted by Gasteiger charge is 2.46. The molecule has 0 unspecified atom stereocenters. The van der Waals surface area contributed by atoms with Crippen LogP contribution in [-0.2, 0) is 6.16 Å². The normalized spacial score (nSPS) is 12.7. The Balaban J connectivity index is 1.76. The standard InChI is InChI=1S/C26H21IO2P/c27-24-17-26-25(28-19-29-26)16-20(24)18-30(21-10-4-1-5-11-21,22-12-6-2-7-13-22)23-14-8-3-9-15-23/h1-17H,18-19H2/q+1. The maximum Gasteiger partial charge on any atom is 0.231 e. The lowest BCUT2D eigenvalue weighted by Gasteiger charge is -2.28. The molecule has 0 aromatic heterocycles. The zero-order valence-corrected chi connectivity index (χ0v) is 19.4. The van der Waals surface area contributed by atoms with Gasteiger partial charge in [0.2, 0.25) is 6.79 Å². The summed E-state index contributed by atoms with van der Waals surface area (Å²) in [6.45, 7) is 0.297. The van der Waals surface area contributed by atoms with Crippen LogP contribution in [0.5, 0.6) is 11.5 Å². The lowest BCUT2D eigenvalue weighted by atomic mass is 10.2. The Morgan fingerprint density at radius 3 is 1.53 bits per heavy atom. The topological polar surface area (TPSA) is 18.5 Å². The van der Waals surface area contributed by atoms with Crippen LogP contribution in [0.4, 0.5) is 0 Å². The van der Waals surface area contributed by atoms with Crippen molar-refractivity contribution >= 4 is 45.8 Å². The van der Waals surface area contributed by atoms with Crippen molar-refractivity contribution in [3.8, 4) is 11.5 Å². The van der Waals surface area contributed by atoms with Crippen LogP contribution in [0.15, 0.2) is 103 Å². The van der Waals surface area contributed by atoms with E-state index in [1.807, 2.05) is 0 Å². The molecular formula is C26H21IO2P+. The van der Waals surface area contributed by atoms with Gasteiger partial charge in [-0.25, -0.2) is 0 Å². The Bertz CT molecular complexity index is 1050. The van der Waals surface area contributed by atoms with Crippen molar-refractivity contribution in [2.75, 3.05) is 6.79 Å². The molecule has 148 valence electrons. The van der Waals surface area contributed by atoms with Gasteiger partial charge < -0.3 is 9.47 Å². The van der Waals surface area contributed by atoms with Crippen molar-refractivity contribution in [1.29, 1.82) is 0 Å². The first-order chi connectivity index (χ1) is 14.8. The fourth-order valence-corrected chi connectivity index (χ4v) is 9.29. The zero-order chi connectivity index (χ0) is 20.4. The molecular weight excluding hydrogens is 502 g/mol. The quantitative estimate of drug-likeness (QED) is 0.254. The lowest BCUT2D eigenvalue weighted by molar-refractivity contribution is 0.174. The van der Waals surface area contributed by atoms with E-state index in [-0.39, 0.29) is 0 Å². The summed E-state index contributed by atoms with van der Waals surface area (Å²) in [5.41, 5.74) is 1.30. The molecule has 4 aromatic carbocycles. The van der Waals surface area contributed by atoms with Gasteiger partial charge in [0, 0.05) is 9.13 Å². The maximum atomic E-state index is 5.71. The number of halogens is 1. The number of ether oxygens (including phenoxy) is 2.